The molecule has 170 valence electrons. The maximum Gasteiger partial charge on any atom is 0.290 e. The number of fused-ring (bicyclic) bond motifs is 1. The highest BCUT2D eigenvalue weighted by molar-refractivity contribution is 6.16. The number of aliphatic hydroxyl groups is 1. The van der Waals surface area contributed by atoms with Gasteiger partial charge >= 0.3 is 0 Å². The molecule has 1 aliphatic heterocycles. The second-order valence-corrected chi connectivity index (χ2v) is 8.00. The van der Waals surface area contributed by atoms with Crippen molar-refractivity contribution in [1.29, 1.82) is 0 Å². The van der Waals surface area contributed by atoms with Crippen molar-refractivity contribution in [1.82, 2.24) is 9.88 Å². The van der Waals surface area contributed by atoms with Crippen LogP contribution in [-0.4, -0.2) is 40.3 Å². The standard InChI is InChI=1S/C27H22N2O5/c1-33-20-11-5-9-18-15-21(34-26(18)20)24(30)22-23(19-10-6-13-28-16-19)29(27(32)25(22)31)14-12-17-7-3-2-4-8-17/h2-11,13,15-16,23,31H,12,14H2,1H3/t23-/m0/s1. The number of furan rings is 1. The molecule has 0 bridgehead atoms. The van der Waals surface area contributed by atoms with Crippen molar-refractivity contribution in [3.05, 3.63) is 107 Å². The summed E-state index contributed by atoms with van der Waals surface area (Å²) in [5.74, 6) is -1.21. The number of rotatable bonds is 7. The predicted octanol–water partition coefficient (Wildman–Crippen LogP) is 4.66. The summed E-state index contributed by atoms with van der Waals surface area (Å²) in [5, 5.41) is 11.5. The van der Waals surface area contributed by atoms with Crippen LogP contribution in [0.1, 0.15) is 27.7 Å². The third kappa shape index (κ3) is 3.71. The lowest BCUT2D eigenvalue weighted by atomic mass is 9.96. The van der Waals surface area contributed by atoms with E-state index in [9.17, 15) is 14.7 Å². The fraction of sp³-hybridized carbons (Fsp3) is 0.148. The molecular weight excluding hydrogens is 432 g/mol. The Morgan fingerprint density at radius 1 is 1.12 bits per heavy atom. The van der Waals surface area contributed by atoms with Crippen LogP contribution in [0.5, 0.6) is 5.75 Å². The molecule has 1 amide bonds. The number of benzene rings is 2. The minimum absolute atomic E-state index is 0.0210. The Morgan fingerprint density at radius 2 is 1.94 bits per heavy atom. The van der Waals surface area contributed by atoms with E-state index in [4.69, 9.17) is 9.15 Å². The molecule has 0 unspecified atom stereocenters. The van der Waals surface area contributed by atoms with Gasteiger partial charge in [0.25, 0.3) is 5.91 Å². The Bertz CT molecular complexity index is 1390. The predicted molar refractivity (Wildman–Crippen MR) is 126 cm³/mol. The minimum Gasteiger partial charge on any atom is -0.503 e. The van der Waals surface area contributed by atoms with E-state index in [1.165, 1.54) is 12.0 Å². The maximum atomic E-state index is 13.6. The number of methoxy groups -OCH3 is 1. The highest BCUT2D eigenvalue weighted by atomic mass is 16.5. The minimum atomic E-state index is -0.785. The Balaban J connectivity index is 1.54. The molecule has 3 heterocycles. The molecule has 4 aromatic rings. The van der Waals surface area contributed by atoms with Crippen molar-refractivity contribution >= 4 is 22.7 Å². The molecule has 34 heavy (non-hydrogen) atoms. The van der Waals surface area contributed by atoms with Gasteiger partial charge in [0.05, 0.1) is 18.7 Å². The number of amides is 1. The number of carbonyl (C=O) groups is 2. The number of pyridine rings is 1. The molecule has 1 N–H and O–H groups in total. The van der Waals surface area contributed by atoms with Crippen LogP contribution in [0.15, 0.2) is 94.9 Å². The Hall–Kier alpha value is -4.39. The summed E-state index contributed by atoms with van der Waals surface area (Å²) in [7, 11) is 1.52. The molecule has 0 saturated heterocycles. The summed E-state index contributed by atoms with van der Waals surface area (Å²) in [6, 6.07) is 19.4. The van der Waals surface area contributed by atoms with Crippen LogP contribution in [0.25, 0.3) is 11.0 Å². The topological polar surface area (TPSA) is 92.9 Å². The first kappa shape index (κ1) is 21.5. The van der Waals surface area contributed by atoms with Crippen LogP contribution in [-0.2, 0) is 11.2 Å². The molecule has 0 aliphatic carbocycles. The van der Waals surface area contributed by atoms with Crippen molar-refractivity contribution in [3.8, 4) is 5.75 Å². The Kier molecular flexibility index (Phi) is 5.59. The Morgan fingerprint density at radius 3 is 2.68 bits per heavy atom. The van der Waals surface area contributed by atoms with Crippen molar-refractivity contribution in [3.63, 3.8) is 0 Å². The van der Waals surface area contributed by atoms with Gasteiger partial charge in [0.15, 0.2) is 22.9 Å². The molecule has 0 fully saturated rings. The average molecular weight is 454 g/mol. The van der Waals surface area contributed by atoms with E-state index in [-0.39, 0.29) is 11.3 Å². The molecule has 0 saturated carbocycles. The van der Waals surface area contributed by atoms with Crippen molar-refractivity contribution in [2.24, 2.45) is 0 Å². The third-order valence-corrected chi connectivity index (χ3v) is 5.98. The monoisotopic (exact) mass is 454 g/mol. The van der Waals surface area contributed by atoms with E-state index in [0.717, 1.165) is 5.56 Å². The molecule has 1 atom stereocenters. The summed E-state index contributed by atoms with van der Waals surface area (Å²) in [5.41, 5.74) is 2.08. The highest BCUT2D eigenvalue weighted by Gasteiger charge is 2.44. The van der Waals surface area contributed by atoms with Crippen LogP contribution in [0.2, 0.25) is 0 Å². The molecule has 1 aliphatic rings. The van der Waals surface area contributed by atoms with Gasteiger partial charge in [-0.2, -0.15) is 0 Å². The number of Topliss-reactive ketones (excluding diaryl/α,β-unsaturated/α-hetero) is 1. The van der Waals surface area contributed by atoms with Crippen LogP contribution in [0.4, 0.5) is 0 Å². The molecule has 7 nitrogen and oxygen atoms in total. The third-order valence-electron chi connectivity index (χ3n) is 5.98. The fourth-order valence-electron chi connectivity index (χ4n) is 4.34. The largest absolute Gasteiger partial charge is 0.503 e. The number of aromatic nitrogens is 1. The first-order valence-corrected chi connectivity index (χ1v) is 10.9. The number of ketones is 1. The zero-order chi connectivity index (χ0) is 23.7. The van der Waals surface area contributed by atoms with Crippen molar-refractivity contribution < 1.29 is 23.8 Å². The van der Waals surface area contributed by atoms with Crippen LogP contribution < -0.4 is 4.74 Å². The molecule has 2 aromatic carbocycles. The first-order valence-electron chi connectivity index (χ1n) is 10.9. The second kappa shape index (κ2) is 8.86. The first-order chi connectivity index (χ1) is 16.6. The number of para-hydroxylation sites is 1. The number of ether oxygens (including phenoxy) is 1. The zero-order valence-corrected chi connectivity index (χ0v) is 18.5. The van der Waals surface area contributed by atoms with Crippen LogP contribution in [0, 0.1) is 0 Å². The number of hydrogen-bond donors (Lipinski definition) is 1. The fourth-order valence-corrected chi connectivity index (χ4v) is 4.34. The smallest absolute Gasteiger partial charge is 0.290 e. The quantitative estimate of drug-likeness (QED) is 0.409. The lowest BCUT2D eigenvalue weighted by molar-refractivity contribution is -0.129. The number of hydrogen-bond acceptors (Lipinski definition) is 6. The number of carbonyl (C=O) groups excluding carboxylic acids is 2. The lowest BCUT2D eigenvalue weighted by Gasteiger charge is -2.26. The molecule has 7 heteroatoms. The highest BCUT2D eigenvalue weighted by Crippen LogP contribution is 2.40. The SMILES string of the molecule is COc1cccc2cc(C(=O)C3=C(O)C(=O)N(CCc4ccccc4)[C@H]3c3cccnc3)oc12. The summed E-state index contributed by atoms with van der Waals surface area (Å²) < 4.78 is 11.2. The summed E-state index contributed by atoms with van der Waals surface area (Å²) in [6.07, 6.45) is 3.78. The van der Waals surface area contributed by atoms with Crippen molar-refractivity contribution in [2.75, 3.05) is 13.7 Å². The number of nitrogens with zero attached hydrogens (tertiary/aromatic N) is 2. The van der Waals surface area contributed by atoms with Crippen LogP contribution in [0.3, 0.4) is 0 Å². The van der Waals surface area contributed by atoms with Gasteiger partial charge < -0.3 is 19.2 Å². The van der Waals surface area contributed by atoms with Gasteiger partial charge in [-0.3, -0.25) is 14.6 Å². The summed E-state index contributed by atoms with van der Waals surface area (Å²) in [4.78, 5) is 32.4. The van der Waals surface area contributed by atoms with Gasteiger partial charge in [-0.1, -0.05) is 48.5 Å². The van der Waals surface area contributed by atoms with Gasteiger partial charge in [-0.25, -0.2) is 0 Å². The molecule has 0 spiro atoms. The van der Waals surface area contributed by atoms with Gasteiger partial charge in [-0.15, -0.1) is 0 Å². The molecule has 0 radical (unpaired) electrons. The molecular formula is C27H22N2O5. The zero-order valence-electron chi connectivity index (χ0n) is 18.5. The second-order valence-electron chi connectivity index (χ2n) is 8.00. The lowest BCUT2D eigenvalue weighted by Crippen LogP contribution is -2.33. The van der Waals surface area contributed by atoms with Crippen molar-refractivity contribution in [2.45, 2.75) is 12.5 Å². The average Bonchev–Trinajstić information content (AvgIpc) is 3.43. The van der Waals surface area contributed by atoms with E-state index in [0.29, 0.717) is 35.2 Å². The summed E-state index contributed by atoms with van der Waals surface area (Å²) >= 11 is 0. The van der Waals surface area contributed by atoms with Gasteiger partial charge in [0, 0.05) is 24.3 Å². The van der Waals surface area contributed by atoms with E-state index in [1.807, 2.05) is 30.3 Å². The van der Waals surface area contributed by atoms with Gasteiger partial charge in [0.2, 0.25) is 5.78 Å². The summed E-state index contributed by atoms with van der Waals surface area (Å²) in [6.45, 7) is 0.317. The normalized spacial score (nSPS) is 15.9. The molecule has 5 rings (SSSR count). The molecule has 2 aromatic heterocycles. The Labute approximate surface area is 195 Å². The van der Waals surface area contributed by atoms with E-state index in [2.05, 4.69) is 4.98 Å². The van der Waals surface area contributed by atoms with Gasteiger partial charge in [0.1, 0.15) is 0 Å². The van der Waals surface area contributed by atoms with Crippen LogP contribution >= 0.6 is 0 Å². The van der Waals surface area contributed by atoms with E-state index in [1.54, 1.807) is 48.8 Å². The van der Waals surface area contributed by atoms with E-state index >= 15 is 0 Å². The number of aliphatic hydroxyl groups excluding tert-OH is 1. The van der Waals surface area contributed by atoms with Gasteiger partial charge in [-0.05, 0) is 35.7 Å². The van der Waals surface area contributed by atoms with E-state index < -0.39 is 23.5 Å². The maximum absolute atomic E-state index is 13.6.